The van der Waals surface area contributed by atoms with E-state index in [1.807, 2.05) is 60.7 Å². The fraction of sp³-hybridized carbons (Fsp3) is 0.429. The van der Waals surface area contributed by atoms with Crippen LogP contribution < -0.4 is 10.6 Å². The highest BCUT2D eigenvalue weighted by Gasteiger charge is 2.36. The summed E-state index contributed by atoms with van der Waals surface area (Å²) in [7, 11) is 0. The van der Waals surface area contributed by atoms with Crippen molar-refractivity contribution in [2.75, 3.05) is 39.3 Å². The van der Waals surface area contributed by atoms with Gasteiger partial charge in [-0.15, -0.1) is 0 Å². The van der Waals surface area contributed by atoms with Crippen molar-refractivity contribution >= 4 is 23.6 Å². The maximum absolute atomic E-state index is 12.9. The molecule has 0 unspecified atom stereocenters. The Morgan fingerprint density at radius 2 is 1.51 bits per heavy atom. The molecule has 0 saturated carbocycles. The Balaban J connectivity index is 1.40. The second-order valence-corrected chi connectivity index (χ2v) is 11.8. The third kappa shape index (κ3) is 9.05. The number of aliphatic hydroxyl groups is 1. The topological polar surface area (TPSA) is 90.9 Å². The molecule has 3 aromatic rings. The van der Waals surface area contributed by atoms with Crippen molar-refractivity contribution in [1.82, 2.24) is 15.5 Å². The molecule has 8 heteroatoms. The van der Waals surface area contributed by atoms with E-state index >= 15 is 0 Å². The van der Waals surface area contributed by atoms with Gasteiger partial charge in [-0.1, -0.05) is 84.4 Å². The first-order valence-corrected chi connectivity index (χ1v) is 15.7. The van der Waals surface area contributed by atoms with Gasteiger partial charge < -0.3 is 25.4 Å². The van der Waals surface area contributed by atoms with Crippen molar-refractivity contribution in [2.45, 2.75) is 56.5 Å². The summed E-state index contributed by atoms with van der Waals surface area (Å²) in [6.45, 7) is 5.50. The van der Waals surface area contributed by atoms with Crippen molar-refractivity contribution in [3.05, 3.63) is 107 Å². The summed E-state index contributed by atoms with van der Waals surface area (Å²) in [6.07, 6.45) is 3.91. The molecular weight excluding hydrogens is 562 g/mol. The number of rotatable bonds is 14. The van der Waals surface area contributed by atoms with Crippen molar-refractivity contribution in [3.8, 4) is 0 Å². The first-order valence-electron chi connectivity index (χ1n) is 15.3. The van der Waals surface area contributed by atoms with Gasteiger partial charge in [0.2, 0.25) is 0 Å². The molecule has 3 N–H and O–H groups in total. The molecule has 1 aliphatic heterocycles. The van der Waals surface area contributed by atoms with E-state index in [1.54, 1.807) is 6.92 Å². The second-order valence-electron chi connectivity index (χ2n) is 11.3. The maximum atomic E-state index is 12.9. The van der Waals surface area contributed by atoms with Crippen LogP contribution in [0.15, 0.2) is 84.9 Å². The third-order valence-corrected chi connectivity index (χ3v) is 8.75. The Hall–Kier alpha value is -3.39. The van der Waals surface area contributed by atoms with Crippen LogP contribution in [0.2, 0.25) is 5.02 Å². The van der Waals surface area contributed by atoms with E-state index in [9.17, 15) is 14.7 Å². The van der Waals surface area contributed by atoms with Crippen LogP contribution in [0.1, 0.15) is 62.1 Å². The maximum Gasteiger partial charge on any atom is 0.314 e. The lowest BCUT2D eigenvalue weighted by molar-refractivity contribution is -0.143. The molecule has 43 heavy (non-hydrogen) atoms. The highest BCUT2D eigenvalue weighted by Crippen LogP contribution is 2.38. The van der Waals surface area contributed by atoms with Crippen molar-refractivity contribution < 1.29 is 19.4 Å². The number of piperidine rings is 1. The molecule has 0 aliphatic carbocycles. The van der Waals surface area contributed by atoms with E-state index < -0.39 is 11.0 Å². The zero-order valence-electron chi connectivity index (χ0n) is 25.1. The van der Waals surface area contributed by atoms with Crippen LogP contribution in [-0.4, -0.2) is 61.3 Å². The number of nitrogens with one attached hydrogen (secondary N) is 2. The number of likely N-dealkylation sites (tertiary alicyclic amines) is 1. The van der Waals surface area contributed by atoms with Crippen LogP contribution in [0, 0.1) is 0 Å². The number of nitrogens with zero attached hydrogens (tertiary/aromatic N) is 1. The summed E-state index contributed by atoms with van der Waals surface area (Å²) < 4.78 is 4.97. The van der Waals surface area contributed by atoms with Gasteiger partial charge in [-0.2, -0.15) is 0 Å². The molecule has 0 aromatic heterocycles. The molecule has 7 nitrogen and oxygen atoms in total. The largest absolute Gasteiger partial charge is 0.466 e. The number of urea groups is 1. The second kappa shape index (κ2) is 15.9. The molecule has 0 spiro atoms. The zero-order valence-corrected chi connectivity index (χ0v) is 25.8. The molecule has 1 aliphatic rings. The van der Waals surface area contributed by atoms with Crippen LogP contribution in [0.25, 0.3) is 0 Å². The van der Waals surface area contributed by atoms with Gasteiger partial charge in [0.25, 0.3) is 0 Å². The van der Waals surface area contributed by atoms with Crippen molar-refractivity contribution in [3.63, 3.8) is 0 Å². The lowest BCUT2D eigenvalue weighted by atomic mass is 9.71. The standard InChI is InChI=1S/C35H44ClN3O4/c1-2-43-32(40)15-9-23-37-33(41)38-27-34(28-11-5-3-6-12-28,29-13-7-4-8-14-29)20-10-24-39-25-21-35(42,22-26-39)30-16-18-31(36)19-17-30/h3-8,11-14,16-19,42H,2,9-10,15,20-27H2,1H3,(H2,37,38,41). The number of ether oxygens (including phenoxy) is 1. The van der Waals surface area contributed by atoms with Crippen LogP contribution in [0.4, 0.5) is 4.79 Å². The molecule has 2 amide bonds. The molecule has 230 valence electrons. The van der Waals surface area contributed by atoms with E-state index in [4.69, 9.17) is 16.3 Å². The lowest BCUT2D eigenvalue weighted by Gasteiger charge is -2.40. The Kier molecular flexibility index (Phi) is 12.0. The number of carbonyl (C=O) groups excluding carboxylic acids is 2. The Morgan fingerprint density at radius 1 is 0.907 bits per heavy atom. The number of hydrogen-bond acceptors (Lipinski definition) is 5. The van der Waals surface area contributed by atoms with Gasteiger partial charge in [-0.05, 0) is 74.4 Å². The van der Waals surface area contributed by atoms with Gasteiger partial charge in [0.05, 0.1) is 12.2 Å². The number of carbonyl (C=O) groups is 2. The van der Waals surface area contributed by atoms with Crippen LogP contribution >= 0.6 is 11.6 Å². The monoisotopic (exact) mass is 605 g/mol. The fourth-order valence-corrected chi connectivity index (χ4v) is 6.15. The SMILES string of the molecule is CCOC(=O)CCCNC(=O)NCC(CCCN1CCC(O)(c2ccc(Cl)cc2)CC1)(c1ccccc1)c1ccccc1. The molecule has 4 rings (SSSR count). The minimum Gasteiger partial charge on any atom is -0.466 e. The number of benzene rings is 3. The quantitative estimate of drug-likeness (QED) is 0.154. The normalized spacial score (nSPS) is 15.0. The van der Waals surface area contributed by atoms with Gasteiger partial charge in [0.1, 0.15) is 0 Å². The number of halogens is 1. The Labute approximate surface area is 260 Å². The highest BCUT2D eigenvalue weighted by atomic mass is 35.5. The summed E-state index contributed by atoms with van der Waals surface area (Å²) in [5.41, 5.74) is 1.98. The molecule has 0 radical (unpaired) electrons. The van der Waals surface area contributed by atoms with Crippen LogP contribution in [-0.2, 0) is 20.5 Å². The van der Waals surface area contributed by atoms with E-state index in [2.05, 4.69) is 39.8 Å². The van der Waals surface area contributed by atoms with E-state index in [0.717, 1.165) is 49.2 Å². The van der Waals surface area contributed by atoms with Gasteiger partial charge in [0.15, 0.2) is 0 Å². The summed E-state index contributed by atoms with van der Waals surface area (Å²) >= 11 is 6.06. The molecular formula is C35H44ClN3O4. The van der Waals surface area contributed by atoms with Crippen molar-refractivity contribution in [2.24, 2.45) is 0 Å². The zero-order chi connectivity index (χ0) is 30.5. The molecule has 0 atom stereocenters. The molecule has 1 heterocycles. The predicted octanol–water partition coefficient (Wildman–Crippen LogP) is 6.03. The van der Waals surface area contributed by atoms with E-state index in [-0.39, 0.29) is 18.4 Å². The predicted molar refractivity (Wildman–Crippen MR) is 171 cm³/mol. The first kappa shape index (κ1) is 32.5. The van der Waals surface area contributed by atoms with Gasteiger partial charge >= 0.3 is 12.0 Å². The summed E-state index contributed by atoms with van der Waals surface area (Å²) in [5, 5.41) is 18.0. The Morgan fingerprint density at radius 3 is 2.09 bits per heavy atom. The minimum absolute atomic E-state index is 0.250. The lowest BCUT2D eigenvalue weighted by Crippen LogP contribution is -2.46. The summed E-state index contributed by atoms with van der Waals surface area (Å²) in [6, 6.07) is 28.0. The van der Waals surface area contributed by atoms with E-state index in [1.165, 1.54) is 0 Å². The minimum atomic E-state index is -0.827. The smallest absolute Gasteiger partial charge is 0.314 e. The average Bonchev–Trinajstić information content (AvgIpc) is 3.03. The molecule has 3 aromatic carbocycles. The van der Waals surface area contributed by atoms with Crippen molar-refractivity contribution in [1.29, 1.82) is 0 Å². The van der Waals surface area contributed by atoms with E-state index in [0.29, 0.717) is 44.0 Å². The van der Waals surface area contributed by atoms with Crippen LogP contribution in [0.3, 0.4) is 0 Å². The van der Waals surface area contributed by atoms with Gasteiger partial charge in [0, 0.05) is 43.0 Å². The summed E-state index contributed by atoms with van der Waals surface area (Å²) in [5.74, 6) is -0.250. The van der Waals surface area contributed by atoms with Gasteiger partial charge in [-0.3, -0.25) is 4.79 Å². The summed E-state index contributed by atoms with van der Waals surface area (Å²) in [4.78, 5) is 26.9. The Bertz CT molecular complexity index is 1240. The third-order valence-electron chi connectivity index (χ3n) is 8.49. The number of esters is 1. The van der Waals surface area contributed by atoms with Crippen LogP contribution in [0.5, 0.6) is 0 Å². The number of amides is 2. The molecule has 1 saturated heterocycles. The van der Waals surface area contributed by atoms with Gasteiger partial charge in [-0.25, -0.2) is 4.79 Å². The number of hydrogen-bond donors (Lipinski definition) is 3. The molecule has 0 bridgehead atoms. The molecule has 1 fully saturated rings. The fourth-order valence-electron chi connectivity index (χ4n) is 6.02. The highest BCUT2D eigenvalue weighted by molar-refractivity contribution is 6.30. The first-order chi connectivity index (χ1) is 20.8. The average molecular weight is 606 g/mol.